The molecule has 4 rings (SSSR count). The molecule has 0 aromatic heterocycles. The number of ether oxygens (including phenoxy) is 2. The van der Waals surface area contributed by atoms with E-state index in [4.69, 9.17) is 9.47 Å². The quantitative estimate of drug-likeness (QED) is 0.254. The summed E-state index contributed by atoms with van der Waals surface area (Å²) >= 11 is 0. The molecule has 1 aliphatic rings. The standard InChI is InChI=1S/C28H27O3S/c1-2-18-28(19-9-10-20-28)31-27(29)22-30-23-12-11-17-26(21-23)32(24-13-5-3-6-14-24)25-15-7-4-8-16-25/h3-8,11-17,21H,9-10,19-20,22H2,1H3/q+1. The molecule has 3 nitrogen and oxygen atoms in total. The van der Waals surface area contributed by atoms with E-state index in [9.17, 15) is 4.79 Å². The number of rotatable bonds is 7. The van der Waals surface area contributed by atoms with Crippen LogP contribution in [0.2, 0.25) is 0 Å². The number of benzene rings is 3. The van der Waals surface area contributed by atoms with E-state index in [1.54, 1.807) is 6.92 Å². The SMILES string of the molecule is CC#CC1(OC(=O)COc2cccc([S+](c3ccccc3)c3ccccc3)c2)CCCC1. The largest absolute Gasteiger partial charge is 0.482 e. The number of hydrogen-bond donors (Lipinski definition) is 0. The lowest BCUT2D eigenvalue weighted by Crippen LogP contribution is -2.32. The molecule has 0 aliphatic heterocycles. The van der Waals surface area contributed by atoms with Gasteiger partial charge in [-0.15, -0.1) is 5.92 Å². The second kappa shape index (κ2) is 10.4. The lowest BCUT2D eigenvalue weighted by atomic mass is 10.0. The maximum absolute atomic E-state index is 12.5. The van der Waals surface area contributed by atoms with E-state index in [0.717, 1.165) is 30.6 Å². The number of esters is 1. The van der Waals surface area contributed by atoms with Crippen molar-refractivity contribution < 1.29 is 14.3 Å². The molecule has 1 aliphatic carbocycles. The van der Waals surface area contributed by atoms with Gasteiger partial charge in [0, 0.05) is 6.07 Å². The predicted molar refractivity (Wildman–Crippen MR) is 128 cm³/mol. The maximum Gasteiger partial charge on any atom is 0.345 e. The van der Waals surface area contributed by atoms with Gasteiger partial charge in [-0.25, -0.2) is 4.79 Å². The number of carbonyl (C=O) groups excluding carboxylic acids is 1. The lowest BCUT2D eigenvalue weighted by Gasteiger charge is -2.23. The highest BCUT2D eigenvalue weighted by Gasteiger charge is 2.36. The van der Waals surface area contributed by atoms with Gasteiger partial charge in [-0.2, -0.15) is 0 Å². The third-order valence-electron chi connectivity index (χ3n) is 5.43. The highest BCUT2D eigenvalue weighted by molar-refractivity contribution is 7.97. The molecule has 0 heterocycles. The summed E-state index contributed by atoms with van der Waals surface area (Å²) in [6.07, 6.45) is 3.66. The summed E-state index contributed by atoms with van der Waals surface area (Å²) in [4.78, 5) is 16.1. The van der Waals surface area contributed by atoms with Gasteiger partial charge in [0.1, 0.15) is 5.75 Å². The Kier molecular flexibility index (Phi) is 7.19. The van der Waals surface area contributed by atoms with Gasteiger partial charge in [-0.1, -0.05) is 48.4 Å². The van der Waals surface area contributed by atoms with Crippen molar-refractivity contribution in [2.24, 2.45) is 0 Å². The molecule has 1 fully saturated rings. The van der Waals surface area contributed by atoms with E-state index < -0.39 is 5.60 Å². The second-order valence-corrected chi connectivity index (χ2v) is 9.77. The van der Waals surface area contributed by atoms with Crippen LogP contribution >= 0.6 is 0 Å². The average molecular weight is 444 g/mol. The smallest absolute Gasteiger partial charge is 0.345 e. The van der Waals surface area contributed by atoms with Crippen molar-refractivity contribution >= 4 is 16.9 Å². The highest BCUT2D eigenvalue weighted by Crippen LogP contribution is 2.34. The molecule has 4 heteroatoms. The summed E-state index contributed by atoms with van der Waals surface area (Å²) in [7, 11) is -0.267. The molecule has 162 valence electrons. The van der Waals surface area contributed by atoms with E-state index in [0.29, 0.717) is 5.75 Å². The maximum atomic E-state index is 12.5. The normalized spacial score (nSPS) is 14.4. The molecule has 0 spiro atoms. The molecule has 1 saturated carbocycles. The summed E-state index contributed by atoms with van der Waals surface area (Å²) < 4.78 is 11.6. The molecule has 0 atom stereocenters. The van der Waals surface area contributed by atoms with Gasteiger partial charge in [-0.05, 0) is 69.0 Å². The van der Waals surface area contributed by atoms with E-state index in [-0.39, 0.29) is 23.5 Å². The second-order valence-electron chi connectivity index (χ2n) is 7.75. The topological polar surface area (TPSA) is 35.5 Å². The molecular formula is C28H27O3S+. The van der Waals surface area contributed by atoms with Crippen LogP contribution in [0.3, 0.4) is 0 Å². The Bertz CT molecular complexity index is 1050. The van der Waals surface area contributed by atoms with Crippen molar-refractivity contribution in [1.29, 1.82) is 0 Å². The Balaban J connectivity index is 1.51. The van der Waals surface area contributed by atoms with Gasteiger partial charge in [0.25, 0.3) is 0 Å². The minimum atomic E-state index is -0.635. The van der Waals surface area contributed by atoms with Crippen molar-refractivity contribution in [1.82, 2.24) is 0 Å². The van der Waals surface area contributed by atoms with Gasteiger partial charge in [-0.3, -0.25) is 0 Å². The van der Waals surface area contributed by atoms with Crippen molar-refractivity contribution in [2.45, 2.75) is 52.9 Å². The van der Waals surface area contributed by atoms with Crippen LogP contribution < -0.4 is 4.74 Å². The van der Waals surface area contributed by atoms with Crippen molar-refractivity contribution in [3.63, 3.8) is 0 Å². The Morgan fingerprint density at radius 1 is 0.875 bits per heavy atom. The van der Waals surface area contributed by atoms with Gasteiger partial charge in [0.05, 0.1) is 10.9 Å². The fourth-order valence-corrected chi connectivity index (χ4v) is 6.15. The van der Waals surface area contributed by atoms with Crippen LogP contribution in [0.4, 0.5) is 0 Å². The first-order valence-electron chi connectivity index (χ1n) is 10.9. The molecule has 0 N–H and O–H groups in total. The molecular weight excluding hydrogens is 416 g/mol. The summed E-state index contributed by atoms with van der Waals surface area (Å²) in [6.45, 7) is 1.66. The molecule has 3 aromatic rings. The first-order chi connectivity index (χ1) is 15.7. The Morgan fingerprint density at radius 3 is 2.06 bits per heavy atom. The van der Waals surface area contributed by atoms with Crippen molar-refractivity contribution in [3.05, 3.63) is 84.9 Å². The third kappa shape index (κ3) is 5.36. The fraction of sp³-hybridized carbons (Fsp3) is 0.250. The lowest BCUT2D eigenvalue weighted by molar-refractivity contribution is -0.156. The molecule has 0 bridgehead atoms. The monoisotopic (exact) mass is 443 g/mol. The van der Waals surface area contributed by atoms with E-state index in [1.807, 2.05) is 30.3 Å². The summed E-state index contributed by atoms with van der Waals surface area (Å²) in [5.41, 5.74) is -0.635. The zero-order chi connectivity index (χ0) is 22.2. The minimum absolute atomic E-state index is 0.124. The van der Waals surface area contributed by atoms with Crippen LogP contribution in [-0.4, -0.2) is 18.2 Å². The molecule has 3 aromatic carbocycles. The fourth-order valence-electron chi connectivity index (χ4n) is 4.03. The molecule has 0 radical (unpaired) electrons. The van der Waals surface area contributed by atoms with Crippen LogP contribution in [-0.2, 0) is 20.4 Å². The molecule has 0 saturated heterocycles. The summed E-state index contributed by atoms with van der Waals surface area (Å²) in [5.74, 6) is 6.30. The van der Waals surface area contributed by atoms with Crippen molar-refractivity contribution in [3.8, 4) is 17.6 Å². The number of carbonyl (C=O) groups is 1. The first-order valence-corrected chi connectivity index (χ1v) is 12.1. The van der Waals surface area contributed by atoms with Crippen LogP contribution in [0.15, 0.2) is 99.6 Å². The first kappa shape index (κ1) is 22.0. The minimum Gasteiger partial charge on any atom is -0.482 e. The van der Waals surface area contributed by atoms with Gasteiger partial charge < -0.3 is 9.47 Å². The highest BCUT2D eigenvalue weighted by atomic mass is 32.2. The summed E-state index contributed by atoms with van der Waals surface area (Å²) in [6, 6.07) is 28.9. The molecule has 0 amide bonds. The van der Waals surface area contributed by atoms with Crippen LogP contribution in [0.25, 0.3) is 0 Å². The van der Waals surface area contributed by atoms with Crippen LogP contribution in [0.1, 0.15) is 32.6 Å². The van der Waals surface area contributed by atoms with Crippen LogP contribution in [0, 0.1) is 11.8 Å². The number of hydrogen-bond acceptors (Lipinski definition) is 3. The third-order valence-corrected chi connectivity index (χ3v) is 7.64. The predicted octanol–water partition coefficient (Wildman–Crippen LogP) is 6.04. The van der Waals surface area contributed by atoms with Gasteiger partial charge >= 0.3 is 5.97 Å². The summed E-state index contributed by atoms with van der Waals surface area (Å²) in [5, 5.41) is 0. The molecule has 32 heavy (non-hydrogen) atoms. The van der Waals surface area contributed by atoms with Crippen molar-refractivity contribution in [2.75, 3.05) is 6.61 Å². The van der Waals surface area contributed by atoms with E-state index >= 15 is 0 Å². The average Bonchev–Trinajstić information content (AvgIpc) is 3.28. The Morgan fingerprint density at radius 2 is 1.47 bits per heavy atom. The van der Waals surface area contributed by atoms with E-state index in [1.165, 1.54) is 9.79 Å². The van der Waals surface area contributed by atoms with Gasteiger partial charge in [0.15, 0.2) is 26.9 Å². The molecule has 0 unspecified atom stereocenters. The zero-order valence-electron chi connectivity index (χ0n) is 18.3. The Hall–Kier alpha value is -3.16. The van der Waals surface area contributed by atoms with E-state index in [2.05, 4.69) is 66.4 Å². The Labute approximate surface area is 193 Å². The zero-order valence-corrected chi connectivity index (χ0v) is 19.1. The van der Waals surface area contributed by atoms with Crippen LogP contribution in [0.5, 0.6) is 5.75 Å². The van der Waals surface area contributed by atoms with Gasteiger partial charge in [0.2, 0.25) is 0 Å².